The molecule has 0 saturated carbocycles. The zero-order chi connectivity index (χ0) is 39.7. The number of benzene rings is 8. The molecule has 8 aromatic carbocycles. The van der Waals surface area contributed by atoms with Crippen molar-refractivity contribution < 1.29 is 8.83 Å². The summed E-state index contributed by atoms with van der Waals surface area (Å²) < 4.78 is 15.4. The third-order valence-corrected chi connectivity index (χ3v) is 12.4. The van der Waals surface area contributed by atoms with Gasteiger partial charge in [0.15, 0.2) is 0 Å². The van der Waals surface area contributed by atoms with Crippen LogP contribution in [0.5, 0.6) is 0 Å². The fourth-order valence-corrected chi connectivity index (χ4v) is 9.42. The van der Waals surface area contributed by atoms with Crippen molar-refractivity contribution in [3.63, 3.8) is 0 Å². The van der Waals surface area contributed by atoms with E-state index >= 15 is 0 Å². The van der Waals surface area contributed by atoms with Crippen LogP contribution in [0.4, 0.5) is 0 Å². The maximum absolute atomic E-state index is 6.73. The SMILES string of the molecule is C/C1=C(/c2ccc3c(c2)oc2ccccc23)N=C(c2cccc3oc4cc(-c5ccc6c(c5)c5ccccc5n6-c5ccccc5)ccc4c23)NC(c2ccccc2)CC1. The van der Waals surface area contributed by atoms with Gasteiger partial charge in [-0.3, -0.25) is 0 Å². The molecule has 12 rings (SSSR count). The summed E-state index contributed by atoms with van der Waals surface area (Å²) >= 11 is 0. The van der Waals surface area contributed by atoms with Crippen molar-refractivity contribution >= 4 is 77.2 Å². The largest absolute Gasteiger partial charge is 0.456 e. The molecule has 0 saturated heterocycles. The number of hydrogen-bond acceptors (Lipinski definition) is 4. The fourth-order valence-electron chi connectivity index (χ4n) is 9.42. The van der Waals surface area contributed by atoms with Crippen LogP contribution in [0.25, 0.3) is 88.2 Å². The molecular weight excluding hydrogens is 735 g/mol. The van der Waals surface area contributed by atoms with Crippen LogP contribution >= 0.6 is 0 Å². The molecule has 5 heteroatoms. The maximum Gasteiger partial charge on any atom is 0.136 e. The molecule has 1 aliphatic rings. The van der Waals surface area contributed by atoms with Gasteiger partial charge < -0.3 is 18.7 Å². The molecule has 0 radical (unpaired) electrons. The number of amidine groups is 1. The monoisotopic (exact) mass is 773 g/mol. The summed E-state index contributed by atoms with van der Waals surface area (Å²) in [6, 6.07) is 64.5. The summed E-state index contributed by atoms with van der Waals surface area (Å²) in [5.74, 6) is 0.820. The first-order valence-electron chi connectivity index (χ1n) is 20.7. The lowest BCUT2D eigenvalue weighted by Gasteiger charge is -2.26. The molecule has 60 heavy (non-hydrogen) atoms. The molecule has 0 aliphatic carbocycles. The summed E-state index contributed by atoms with van der Waals surface area (Å²) in [6.07, 6.45) is 1.82. The number of aromatic nitrogens is 1. The first-order chi connectivity index (χ1) is 29.6. The third kappa shape index (κ3) is 5.58. The second-order valence-corrected chi connectivity index (χ2v) is 16.0. The van der Waals surface area contributed by atoms with E-state index in [0.29, 0.717) is 0 Å². The van der Waals surface area contributed by atoms with E-state index in [9.17, 15) is 0 Å². The highest BCUT2D eigenvalue weighted by molar-refractivity contribution is 6.19. The van der Waals surface area contributed by atoms with Crippen LogP contribution in [-0.2, 0) is 0 Å². The summed E-state index contributed by atoms with van der Waals surface area (Å²) in [4.78, 5) is 5.57. The predicted molar refractivity (Wildman–Crippen MR) is 248 cm³/mol. The van der Waals surface area contributed by atoms with Crippen molar-refractivity contribution in [2.24, 2.45) is 4.99 Å². The van der Waals surface area contributed by atoms with Crippen LogP contribution in [0.2, 0.25) is 0 Å². The first kappa shape index (κ1) is 34.4. The van der Waals surface area contributed by atoms with Gasteiger partial charge in [-0.05, 0) is 109 Å². The zero-order valence-electron chi connectivity index (χ0n) is 33.0. The molecule has 1 aliphatic heterocycles. The third-order valence-electron chi connectivity index (χ3n) is 12.4. The smallest absolute Gasteiger partial charge is 0.136 e. The quantitative estimate of drug-likeness (QED) is 0.189. The van der Waals surface area contributed by atoms with Gasteiger partial charge in [0.2, 0.25) is 0 Å². The van der Waals surface area contributed by atoms with Gasteiger partial charge in [0.25, 0.3) is 0 Å². The van der Waals surface area contributed by atoms with Crippen LogP contribution in [-0.4, -0.2) is 10.4 Å². The molecule has 3 aromatic heterocycles. The number of para-hydroxylation sites is 3. The summed E-state index contributed by atoms with van der Waals surface area (Å²) in [6.45, 7) is 2.22. The first-order valence-corrected chi connectivity index (χ1v) is 20.7. The molecular formula is C55H39N3O2. The molecule has 0 bridgehead atoms. The number of hydrogen-bond donors (Lipinski definition) is 1. The van der Waals surface area contributed by atoms with E-state index in [1.807, 2.05) is 12.1 Å². The van der Waals surface area contributed by atoms with Crippen molar-refractivity contribution in [3.05, 3.63) is 204 Å². The number of aliphatic imine (C=N–C) groups is 1. The zero-order valence-corrected chi connectivity index (χ0v) is 33.0. The number of nitrogens with zero attached hydrogens (tertiary/aromatic N) is 2. The number of fused-ring (bicyclic) bond motifs is 9. The van der Waals surface area contributed by atoms with Gasteiger partial charge in [0.05, 0.1) is 22.8 Å². The number of nitrogens with one attached hydrogen (secondary N) is 1. The fraction of sp³-hybridized carbons (Fsp3) is 0.0727. The van der Waals surface area contributed by atoms with Crippen molar-refractivity contribution in [1.29, 1.82) is 0 Å². The summed E-state index contributed by atoms with van der Waals surface area (Å²) in [5, 5.41) is 10.7. The highest BCUT2D eigenvalue weighted by Crippen LogP contribution is 2.40. The Kier molecular flexibility index (Phi) is 7.88. The van der Waals surface area contributed by atoms with Crippen LogP contribution in [0.1, 0.15) is 42.5 Å². The highest BCUT2D eigenvalue weighted by Gasteiger charge is 2.24. The Morgan fingerprint density at radius 1 is 0.517 bits per heavy atom. The van der Waals surface area contributed by atoms with Crippen LogP contribution in [0.3, 0.4) is 0 Å². The topological polar surface area (TPSA) is 55.6 Å². The molecule has 1 atom stereocenters. The van der Waals surface area contributed by atoms with Crippen molar-refractivity contribution in [3.8, 4) is 16.8 Å². The molecule has 11 aromatic rings. The molecule has 0 spiro atoms. The van der Waals surface area contributed by atoms with Crippen molar-refractivity contribution in [2.75, 3.05) is 0 Å². The Balaban J connectivity index is 0.995. The predicted octanol–water partition coefficient (Wildman–Crippen LogP) is 14.6. The second-order valence-electron chi connectivity index (χ2n) is 16.0. The Morgan fingerprint density at radius 3 is 2.03 bits per heavy atom. The highest BCUT2D eigenvalue weighted by atomic mass is 16.3. The van der Waals surface area contributed by atoms with Gasteiger partial charge in [-0.1, -0.05) is 115 Å². The minimum atomic E-state index is 0.0714. The van der Waals surface area contributed by atoms with Gasteiger partial charge in [-0.15, -0.1) is 0 Å². The van der Waals surface area contributed by atoms with E-state index in [0.717, 1.165) is 96.2 Å². The standard InChI is InChI=1S/C55H39N3O2/c1-34-23-29-46(35-13-4-2-5-14-35)56-55(57-54(34)38-25-27-42-41-18-9-11-21-49(41)59-51(42)33-38)44-19-12-22-50-53(44)43-28-24-37(32-52(43)60-50)36-26-30-48-45(31-36)40-17-8-10-20-47(40)58(48)39-15-6-3-7-16-39/h2-22,24-28,30-33,46H,23,29H2,1H3,(H,56,57)/b54-34+. The van der Waals surface area contributed by atoms with Gasteiger partial charge in [-0.25, -0.2) is 4.99 Å². The van der Waals surface area contributed by atoms with Gasteiger partial charge >= 0.3 is 0 Å². The Bertz CT molecular complexity index is 3530. The van der Waals surface area contributed by atoms with Crippen molar-refractivity contribution in [2.45, 2.75) is 25.8 Å². The Hall–Kier alpha value is -7.63. The molecule has 0 fully saturated rings. The number of rotatable bonds is 5. The van der Waals surface area contributed by atoms with Gasteiger partial charge in [0.1, 0.15) is 28.2 Å². The average molecular weight is 774 g/mol. The minimum absolute atomic E-state index is 0.0714. The second kappa shape index (κ2) is 13.7. The van der Waals surface area contributed by atoms with Gasteiger partial charge in [-0.2, -0.15) is 0 Å². The van der Waals surface area contributed by atoms with E-state index in [2.05, 4.69) is 187 Å². The van der Waals surface area contributed by atoms with E-state index in [1.165, 1.54) is 32.9 Å². The molecule has 4 heterocycles. The normalized spacial score (nSPS) is 16.1. The Morgan fingerprint density at radius 2 is 1.15 bits per heavy atom. The molecule has 5 nitrogen and oxygen atoms in total. The van der Waals surface area contributed by atoms with E-state index in [-0.39, 0.29) is 6.04 Å². The molecule has 286 valence electrons. The lowest BCUT2D eigenvalue weighted by Crippen LogP contribution is -2.30. The van der Waals surface area contributed by atoms with E-state index < -0.39 is 0 Å². The maximum atomic E-state index is 6.73. The molecule has 1 N–H and O–H groups in total. The van der Waals surface area contributed by atoms with Gasteiger partial charge in [0, 0.05) is 49.1 Å². The summed E-state index contributed by atoms with van der Waals surface area (Å²) in [7, 11) is 0. The lowest BCUT2D eigenvalue weighted by atomic mass is 9.94. The average Bonchev–Trinajstić information content (AvgIpc) is 3.97. The molecule has 1 unspecified atom stereocenters. The van der Waals surface area contributed by atoms with Crippen molar-refractivity contribution in [1.82, 2.24) is 9.88 Å². The van der Waals surface area contributed by atoms with Crippen LogP contribution < -0.4 is 5.32 Å². The number of furan rings is 2. The van der Waals surface area contributed by atoms with Crippen LogP contribution in [0.15, 0.2) is 201 Å². The number of allylic oxidation sites excluding steroid dienone is 1. The molecule has 0 amide bonds. The summed E-state index contributed by atoms with van der Waals surface area (Å²) in [5.41, 5.74) is 14.7. The lowest BCUT2D eigenvalue weighted by molar-refractivity contribution is 0.586. The van der Waals surface area contributed by atoms with E-state index in [4.69, 9.17) is 13.8 Å². The Labute approximate surface area is 346 Å². The minimum Gasteiger partial charge on any atom is -0.456 e. The van der Waals surface area contributed by atoms with Crippen LogP contribution in [0, 0.1) is 0 Å². The van der Waals surface area contributed by atoms with E-state index in [1.54, 1.807) is 0 Å².